The molecule has 0 spiro atoms. The predicted octanol–water partition coefficient (Wildman–Crippen LogP) is 4.04. The molecule has 0 aliphatic carbocycles. The molecule has 1 aromatic heterocycles. The summed E-state index contributed by atoms with van der Waals surface area (Å²) in [6, 6.07) is 16.0. The number of ether oxygens (including phenoxy) is 1. The Kier molecular flexibility index (Phi) is 6.90. The molecule has 1 aliphatic rings. The number of anilines is 1. The van der Waals surface area contributed by atoms with E-state index in [1.165, 1.54) is 23.9 Å². The van der Waals surface area contributed by atoms with Gasteiger partial charge in [0.15, 0.2) is 5.82 Å². The number of aryl methyl sites for hydroxylation is 1. The number of para-hydroxylation sites is 2. The van der Waals surface area contributed by atoms with Crippen molar-refractivity contribution in [3.63, 3.8) is 0 Å². The second-order valence-electron chi connectivity index (χ2n) is 7.51. The van der Waals surface area contributed by atoms with Gasteiger partial charge in [-0.05, 0) is 37.3 Å². The second-order valence-corrected chi connectivity index (χ2v) is 8.51. The van der Waals surface area contributed by atoms with Crippen molar-refractivity contribution in [2.45, 2.75) is 11.9 Å². The minimum atomic E-state index is -0.329. The highest BCUT2D eigenvalue weighted by Gasteiger charge is 2.23. The number of carbonyl (C=O) groups excluding carboxylic acids is 1. The van der Waals surface area contributed by atoms with Gasteiger partial charge in [-0.15, -0.1) is 0 Å². The smallest absolute Gasteiger partial charge is 0.233 e. The molecule has 2 heterocycles. The number of thioether (sulfide) groups is 1. The van der Waals surface area contributed by atoms with Gasteiger partial charge in [-0.25, -0.2) is 14.4 Å². The van der Waals surface area contributed by atoms with Crippen molar-refractivity contribution in [1.82, 2.24) is 14.9 Å². The van der Waals surface area contributed by atoms with Gasteiger partial charge in [0.25, 0.3) is 0 Å². The average molecular weight is 453 g/mol. The Morgan fingerprint density at radius 3 is 2.59 bits per heavy atom. The number of nitrogens with zero attached hydrogens (tertiary/aromatic N) is 4. The summed E-state index contributed by atoms with van der Waals surface area (Å²) in [5.41, 5.74) is 2.45. The van der Waals surface area contributed by atoms with Gasteiger partial charge in [0.05, 0.1) is 18.6 Å². The lowest BCUT2D eigenvalue weighted by atomic mass is 10.2. The third kappa shape index (κ3) is 5.19. The normalized spacial score (nSPS) is 13.8. The third-order valence-electron chi connectivity index (χ3n) is 5.32. The van der Waals surface area contributed by atoms with E-state index in [1.54, 1.807) is 19.2 Å². The number of amides is 1. The molecule has 0 unspecified atom stereocenters. The van der Waals surface area contributed by atoms with Gasteiger partial charge in [-0.1, -0.05) is 36.0 Å². The molecule has 1 fully saturated rings. The van der Waals surface area contributed by atoms with E-state index in [0.29, 0.717) is 35.3 Å². The number of hydrogen-bond acceptors (Lipinski definition) is 6. The SMILES string of the molecule is COc1ccccc1N1CCN(C(=O)CSc2cc(C)nc(-c3cccc(F)c3)n2)CC1. The van der Waals surface area contributed by atoms with Crippen LogP contribution in [0.3, 0.4) is 0 Å². The molecule has 3 aromatic rings. The molecule has 0 N–H and O–H groups in total. The zero-order valence-corrected chi connectivity index (χ0v) is 18.9. The number of benzene rings is 2. The maximum absolute atomic E-state index is 13.6. The van der Waals surface area contributed by atoms with Gasteiger partial charge in [-0.2, -0.15) is 0 Å². The largest absolute Gasteiger partial charge is 0.495 e. The van der Waals surface area contributed by atoms with Crippen molar-refractivity contribution < 1.29 is 13.9 Å². The number of rotatable bonds is 6. The van der Waals surface area contributed by atoms with E-state index in [-0.39, 0.29) is 11.7 Å². The van der Waals surface area contributed by atoms with Crippen LogP contribution >= 0.6 is 11.8 Å². The summed E-state index contributed by atoms with van der Waals surface area (Å²) in [6.07, 6.45) is 0. The lowest BCUT2D eigenvalue weighted by molar-refractivity contribution is -0.128. The first kappa shape index (κ1) is 22.1. The molecular formula is C24H25FN4O2S. The second kappa shape index (κ2) is 9.99. The van der Waals surface area contributed by atoms with E-state index in [1.807, 2.05) is 42.2 Å². The van der Waals surface area contributed by atoms with Crippen molar-refractivity contribution in [2.75, 3.05) is 43.9 Å². The van der Waals surface area contributed by atoms with E-state index in [0.717, 1.165) is 30.2 Å². The quantitative estimate of drug-likeness (QED) is 0.416. The average Bonchev–Trinajstić information content (AvgIpc) is 2.82. The van der Waals surface area contributed by atoms with Gasteiger partial charge in [0.2, 0.25) is 5.91 Å². The first-order valence-electron chi connectivity index (χ1n) is 10.4. The Balaban J connectivity index is 1.35. The Labute approximate surface area is 191 Å². The number of carbonyl (C=O) groups is 1. The number of aromatic nitrogens is 2. The lowest BCUT2D eigenvalue weighted by Gasteiger charge is -2.36. The monoisotopic (exact) mass is 452 g/mol. The molecule has 0 radical (unpaired) electrons. The Hall–Kier alpha value is -3.13. The highest BCUT2D eigenvalue weighted by atomic mass is 32.2. The predicted molar refractivity (Wildman–Crippen MR) is 125 cm³/mol. The number of methoxy groups -OCH3 is 1. The Bertz CT molecular complexity index is 1100. The van der Waals surface area contributed by atoms with Gasteiger partial charge in [0, 0.05) is 37.4 Å². The van der Waals surface area contributed by atoms with Gasteiger partial charge >= 0.3 is 0 Å². The zero-order chi connectivity index (χ0) is 22.5. The van der Waals surface area contributed by atoms with Crippen LogP contribution in [0, 0.1) is 12.7 Å². The number of halogens is 1. The van der Waals surface area contributed by atoms with Gasteiger partial charge < -0.3 is 14.5 Å². The maximum atomic E-state index is 13.6. The van der Waals surface area contributed by atoms with Crippen LogP contribution in [0.25, 0.3) is 11.4 Å². The standard InChI is InChI=1S/C24H25FN4O2S/c1-17-14-22(27-24(26-17)18-6-5-7-19(25)15-18)32-16-23(30)29-12-10-28(11-13-29)20-8-3-4-9-21(20)31-2/h3-9,14-15H,10-13,16H2,1-2H3. The zero-order valence-electron chi connectivity index (χ0n) is 18.1. The highest BCUT2D eigenvalue weighted by molar-refractivity contribution is 7.99. The van der Waals surface area contributed by atoms with Gasteiger partial charge in [0.1, 0.15) is 16.6 Å². The molecule has 0 atom stereocenters. The van der Waals surface area contributed by atoms with Crippen LogP contribution in [0.5, 0.6) is 5.75 Å². The van der Waals surface area contributed by atoms with Crippen molar-refractivity contribution in [2.24, 2.45) is 0 Å². The van der Waals surface area contributed by atoms with E-state index >= 15 is 0 Å². The van der Waals surface area contributed by atoms with Crippen LogP contribution in [0.1, 0.15) is 5.69 Å². The first-order chi connectivity index (χ1) is 15.5. The summed E-state index contributed by atoms with van der Waals surface area (Å²) in [5, 5.41) is 0.706. The number of piperazine rings is 1. The fraction of sp³-hybridized carbons (Fsp3) is 0.292. The fourth-order valence-corrected chi connectivity index (χ4v) is 4.54. The summed E-state index contributed by atoms with van der Waals surface area (Å²) < 4.78 is 19.0. The summed E-state index contributed by atoms with van der Waals surface area (Å²) in [7, 11) is 1.67. The van der Waals surface area contributed by atoms with Crippen molar-refractivity contribution in [3.05, 3.63) is 66.1 Å². The van der Waals surface area contributed by atoms with Crippen LogP contribution < -0.4 is 9.64 Å². The molecule has 2 aromatic carbocycles. The Morgan fingerprint density at radius 1 is 1.06 bits per heavy atom. The lowest BCUT2D eigenvalue weighted by Crippen LogP contribution is -2.49. The Morgan fingerprint density at radius 2 is 1.84 bits per heavy atom. The van der Waals surface area contributed by atoms with E-state index in [9.17, 15) is 9.18 Å². The molecule has 1 aliphatic heterocycles. The van der Waals surface area contributed by atoms with Crippen LogP contribution in [0.4, 0.5) is 10.1 Å². The van der Waals surface area contributed by atoms with E-state index in [4.69, 9.17) is 4.74 Å². The first-order valence-corrected chi connectivity index (χ1v) is 11.4. The third-order valence-corrected chi connectivity index (χ3v) is 6.21. The molecule has 4 rings (SSSR count). The summed E-state index contributed by atoms with van der Waals surface area (Å²) in [6.45, 7) is 4.71. The van der Waals surface area contributed by atoms with Crippen molar-refractivity contribution in [3.8, 4) is 17.1 Å². The molecule has 1 saturated heterocycles. The fourth-order valence-electron chi connectivity index (χ4n) is 3.69. The van der Waals surface area contributed by atoms with Crippen LogP contribution in [0.15, 0.2) is 59.6 Å². The maximum Gasteiger partial charge on any atom is 0.233 e. The van der Waals surface area contributed by atoms with Crippen LogP contribution in [-0.4, -0.2) is 59.8 Å². The molecule has 166 valence electrons. The molecule has 6 nitrogen and oxygen atoms in total. The molecule has 1 amide bonds. The van der Waals surface area contributed by atoms with E-state index < -0.39 is 0 Å². The molecule has 0 saturated carbocycles. The van der Waals surface area contributed by atoms with Crippen molar-refractivity contribution >= 4 is 23.4 Å². The summed E-state index contributed by atoms with van der Waals surface area (Å²) >= 11 is 1.38. The van der Waals surface area contributed by atoms with Crippen LogP contribution in [0.2, 0.25) is 0 Å². The number of hydrogen-bond donors (Lipinski definition) is 0. The minimum absolute atomic E-state index is 0.0817. The summed E-state index contributed by atoms with van der Waals surface area (Å²) in [5.74, 6) is 1.36. The highest BCUT2D eigenvalue weighted by Crippen LogP contribution is 2.28. The van der Waals surface area contributed by atoms with E-state index in [2.05, 4.69) is 14.9 Å². The molecule has 0 bridgehead atoms. The molecule has 8 heteroatoms. The molecule has 32 heavy (non-hydrogen) atoms. The van der Waals surface area contributed by atoms with Crippen LogP contribution in [-0.2, 0) is 4.79 Å². The van der Waals surface area contributed by atoms with Gasteiger partial charge in [-0.3, -0.25) is 4.79 Å². The van der Waals surface area contributed by atoms with Crippen molar-refractivity contribution in [1.29, 1.82) is 0 Å². The molecular weight excluding hydrogens is 427 g/mol. The summed E-state index contributed by atoms with van der Waals surface area (Å²) in [4.78, 5) is 25.9. The topological polar surface area (TPSA) is 58.6 Å². The minimum Gasteiger partial charge on any atom is -0.495 e.